The topological polar surface area (TPSA) is 60.4 Å². The second kappa shape index (κ2) is 5.44. The van der Waals surface area contributed by atoms with Crippen LogP contribution in [0.3, 0.4) is 0 Å². The largest absolute Gasteiger partial charge is 0.490 e. The van der Waals surface area contributed by atoms with E-state index in [0.29, 0.717) is 12.8 Å². The number of hydrogen-bond acceptors (Lipinski definition) is 4. The maximum atomic E-state index is 11.8. The van der Waals surface area contributed by atoms with Crippen LogP contribution in [-0.2, 0) is 16.3 Å². The van der Waals surface area contributed by atoms with E-state index in [1.807, 2.05) is 18.2 Å². The first-order valence-corrected chi connectivity index (χ1v) is 9.41. The van der Waals surface area contributed by atoms with E-state index in [-0.39, 0.29) is 17.1 Å². The predicted molar refractivity (Wildman–Crippen MR) is 80.6 cm³/mol. The summed E-state index contributed by atoms with van der Waals surface area (Å²) in [4.78, 5) is 11.8. The van der Waals surface area contributed by atoms with Crippen molar-refractivity contribution in [2.45, 2.75) is 49.9 Å². The molecule has 2 aliphatic carbocycles. The average Bonchev–Trinajstić information content (AvgIpc) is 2.81. The highest BCUT2D eigenvalue weighted by Gasteiger charge is 2.31. The summed E-state index contributed by atoms with van der Waals surface area (Å²) < 4.78 is 29.5. The molecule has 0 heterocycles. The van der Waals surface area contributed by atoms with E-state index in [0.717, 1.165) is 42.6 Å². The number of ether oxygens (including phenoxy) is 1. The Morgan fingerprint density at radius 3 is 2.76 bits per heavy atom. The molecule has 21 heavy (non-hydrogen) atoms. The van der Waals surface area contributed by atoms with Crippen LogP contribution in [-0.4, -0.2) is 31.8 Å². The van der Waals surface area contributed by atoms with Gasteiger partial charge >= 0.3 is 0 Å². The zero-order chi connectivity index (χ0) is 15.0. The van der Waals surface area contributed by atoms with Crippen LogP contribution >= 0.6 is 0 Å². The molecule has 114 valence electrons. The van der Waals surface area contributed by atoms with Crippen molar-refractivity contribution in [3.63, 3.8) is 0 Å². The third kappa shape index (κ3) is 2.98. The van der Waals surface area contributed by atoms with Crippen LogP contribution in [0, 0.1) is 0 Å². The zero-order valence-corrected chi connectivity index (χ0v) is 13.0. The van der Waals surface area contributed by atoms with Gasteiger partial charge in [-0.3, -0.25) is 4.79 Å². The van der Waals surface area contributed by atoms with E-state index in [4.69, 9.17) is 4.74 Å². The standard InChI is InChI=1S/C16H20O4S/c1-21(18,19)12-5-2-4-11(10-12)20-16-7-3-6-13-14(16)8-9-15(13)17/h3,6-7,11-12H,2,4-5,8-10H2,1H3. The van der Waals surface area contributed by atoms with Crippen molar-refractivity contribution in [1.82, 2.24) is 0 Å². The Kier molecular flexibility index (Phi) is 3.78. The van der Waals surface area contributed by atoms with Crippen LogP contribution in [0.2, 0.25) is 0 Å². The molecular formula is C16H20O4S. The summed E-state index contributed by atoms with van der Waals surface area (Å²) in [5.41, 5.74) is 1.76. The van der Waals surface area contributed by atoms with Crippen molar-refractivity contribution in [3.8, 4) is 5.75 Å². The molecule has 1 aromatic rings. The first kappa shape index (κ1) is 14.6. The second-order valence-corrected chi connectivity index (χ2v) is 8.39. The van der Waals surface area contributed by atoms with Crippen molar-refractivity contribution in [2.75, 3.05) is 6.26 Å². The minimum Gasteiger partial charge on any atom is -0.490 e. The van der Waals surface area contributed by atoms with Gasteiger partial charge in [-0.15, -0.1) is 0 Å². The van der Waals surface area contributed by atoms with Gasteiger partial charge in [0.1, 0.15) is 15.6 Å². The zero-order valence-electron chi connectivity index (χ0n) is 12.2. The van der Waals surface area contributed by atoms with Crippen molar-refractivity contribution in [2.24, 2.45) is 0 Å². The van der Waals surface area contributed by atoms with Crippen LogP contribution < -0.4 is 4.74 Å². The van der Waals surface area contributed by atoms with Gasteiger partial charge in [0.05, 0.1) is 11.4 Å². The second-order valence-electron chi connectivity index (χ2n) is 6.06. The molecule has 0 aromatic heterocycles. The van der Waals surface area contributed by atoms with Gasteiger partial charge in [-0.05, 0) is 31.7 Å². The van der Waals surface area contributed by atoms with Gasteiger partial charge in [0.15, 0.2) is 5.78 Å². The Bertz CT molecular complexity index is 663. The molecule has 0 N–H and O–H groups in total. The number of ketones is 1. The summed E-state index contributed by atoms with van der Waals surface area (Å²) in [6, 6.07) is 5.58. The van der Waals surface area contributed by atoms with Crippen LogP contribution in [0.5, 0.6) is 5.75 Å². The number of sulfone groups is 1. The molecule has 0 radical (unpaired) electrons. The molecule has 0 saturated heterocycles. The summed E-state index contributed by atoms with van der Waals surface area (Å²) in [7, 11) is -3.01. The molecule has 1 saturated carbocycles. The van der Waals surface area contributed by atoms with E-state index in [9.17, 15) is 13.2 Å². The van der Waals surface area contributed by atoms with Gasteiger partial charge in [-0.25, -0.2) is 8.42 Å². The minimum atomic E-state index is -3.01. The Balaban J connectivity index is 1.77. The van der Waals surface area contributed by atoms with Gasteiger partial charge in [0, 0.05) is 30.2 Å². The molecular weight excluding hydrogens is 288 g/mol. The molecule has 2 aliphatic rings. The van der Waals surface area contributed by atoms with Gasteiger partial charge in [0.25, 0.3) is 0 Å². The Morgan fingerprint density at radius 1 is 1.19 bits per heavy atom. The van der Waals surface area contributed by atoms with E-state index < -0.39 is 9.84 Å². The fourth-order valence-electron chi connectivity index (χ4n) is 3.35. The molecule has 0 bridgehead atoms. The first-order chi connectivity index (χ1) is 9.95. The van der Waals surface area contributed by atoms with Gasteiger partial charge in [-0.1, -0.05) is 12.1 Å². The summed E-state index contributed by atoms with van der Waals surface area (Å²) in [6.45, 7) is 0. The van der Waals surface area contributed by atoms with Crippen molar-refractivity contribution >= 4 is 15.6 Å². The van der Waals surface area contributed by atoms with Crippen LogP contribution in [0.25, 0.3) is 0 Å². The number of rotatable bonds is 3. The highest BCUT2D eigenvalue weighted by Crippen LogP contribution is 2.34. The maximum Gasteiger partial charge on any atom is 0.163 e. The number of benzene rings is 1. The van der Waals surface area contributed by atoms with Gasteiger partial charge < -0.3 is 4.74 Å². The normalized spacial score (nSPS) is 25.7. The summed E-state index contributed by atoms with van der Waals surface area (Å²) >= 11 is 0. The molecule has 4 nitrogen and oxygen atoms in total. The molecule has 3 rings (SSSR count). The van der Waals surface area contributed by atoms with Crippen LogP contribution in [0.15, 0.2) is 18.2 Å². The monoisotopic (exact) mass is 308 g/mol. The quantitative estimate of drug-likeness (QED) is 0.861. The van der Waals surface area contributed by atoms with Crippen molar-refractivity contribution in [3.05, 3.63) is 29.3 Å². The molecule has 1 fully saturated rings. The molecule has 1 aromatic carbocycles. The highest BCUT2D eigenvalue weighted by molar-refractivity contribution is 7.91. The fourth-order valence-corrected chi connectivity index (χ4v) is 4.51. The third-order valence-electron chi connectivity index (χ3n) is 4.51. The fraction of sp³-hybridized carbons (Fsp3) is 0.562. The van der Waals surface area contributed by atoms with E-state index in [2.05, 4.69) is 0 Å². The highest BCUT2D eigenvalue weighted by atomic mass is 32.2. The Morgan fingerprint density at radius 2 is 2.00 bits per heavy atom. The van der Waals surface area contributed by atoms with Gasteiger partial charge in [-0.2, -0.15) is 0 Å². The SMILES string of the molecule is CS(=O)(=O)C1CCCC(Oc2cccc3c2CCC3=O)C1. The number of hydrogen-bond donors (Lipinski definition) is 0. The summed E-state index contributed by atoms with van der Waals surface area (Å²) in [5.74, 6) is 0.936. The van der Waals surface area contributed by atoms with E-state index in [1.165, 1.54) is 6.26 Å². The lowest BCUT2D eigenvalue weighted by Gasteiger charge is -2.29. The molecule has 0 aliphatic heterocycles. The summed E-state index contributed by atoms with van der Waals surface area (Å²) in [6.07, 6.45) is 5.54. The minimum absolute atomic E-state index is 0.0688. The molecule has 2 unspecified atom stereocenters. The van der Waals surface area contributed by atoms with E-state index >= 15 is 0 Å². The maximum absolute atomic E-state index is 11.8. The number of fused-ring (bicyclic) bond motifs is 1. The molecule has 0 amide bonds. The van der Waals surface area contributed by atoms with Crippen molar-refractivity contribution < 1.29 is 17.9 Å². The lowest BCUT2D eigenvalue weighted by Crippen LogP contribution is -2.33. The van der Waals surface area contributed by atoms with Crippen LogP contribution in [0.4, 0.5) is 0 Å². The smallest absolute Gasteiger partial charge is 0.163 e. The van der Waals surface area contributed by atoms with E-state index in [1.54, 1.807) is 0 Å². The first-order valence-electron chi connectivity index (χ1n) is 7.46. The van der Waals surface area contributed by atoms with Crippen LogP contribution in [0.1, 0.15) is 48.0 Å². The third-order valence-corrected chi connectivity index (χ3v) is 6.15. The molecule has 0 spiro atoms. The molecule has 5 heteroatoms. The Hall–Kier alpha value is -1.36. The average molecular weight is 308 g/mol. The lowest BCUT2D eigenvalue weighted by molar-refractivity contribution is 0.0994. The lowest BCUT2D eigenvalue weighted by atomic mass is 9.97. The number of Topliss-reactive ketones (excluding diaryl/α,β-unsaturated/α-hetero) is 1. The Labute approximate surface area is 125 Å². The van der Waals surface area contributed by atoms with Gasteiger partial charge in [0.2, 0.25) is 0 Å². The predicted octanol–water partition coefficient (Wildman–Crippen LogP) is 2.55. The number of carbonyl (C=O) groups is 1. The summed E-state index contributed by atoms with van der Waals surface area (Å²) in [5, 5.41) is -0.297. The number of carbonyl (C=O) groups excluding carboxylic acids is 1. The van der Waals surface area contributed by atoms with Crippen molar-refractivity contribution in [1.29, 1.82) is 0 Å². The molecule has 2 atom stereocenters.